The summed E-state index contributed by atoms with van der Waals surface area (Å²) in [5.41, 5.74) is 6.87. The Morgan fingerprint density at radius 1 is 1.39 bits per heavy atom. The number of rotatable bonds is 3. The smallest absolute Gasteiger partial charge is 0.248 e. The number of aliphatic imine (C=N–C) groups is 1. The van der Waals surface area contributed by atoms with Gasteiger partial charge in [0.1, 0.15) is 0 Å². The average Bonchev–Trinajstić information content (AvgIpc) is 2.47. The summed E-state index contributed by atoms with van der Waals surface area (Å²) >= 11 is 2.00. The Labute approximate surface area is 159 Å². The lowest BCUT2D eigenvalue weighted by molar-refractivity contribution is 0.100. The van der Waals surface area contributed by atoms with Crippen molar-refractivity contribution in [3.63, 3.8) is 0 Å². The molecule has 1 saturated heterocycles. The largest absolute Gasteiger partial charge is 0.366 e. The first-order chi connectivity index (χ1) is 10.4. The van der Waals surface area contributed by atoms with Gasteiger partial charge in [0.15, 0.2) is 5.96 Å². The van der Waals surface area contributed by atoms with Crippen molar-refractivity contribution in [1.82, 2.24) is 10.2 Å². The van der Waals surface area contributed by atoms with Crippen LogP contribution in [-0.4, -0.2) is 47.4 Å². The van der Waals surface area contributed by atoms with Crippen LogP contribution in [0.25, 0.3) is 0 Å². The third-order valence-electron chi connectivity index (χ3n) is 3.63. The number of carbonyl (C=O) groups is 1. The first kappa shape index (κ1) is 20.1. The van der Waals surface area contributed by atoms with E-state index < -0.39 is 5.91 Å². The molecule has 128 valence electrons. The van der Waals surface area contributed by atoms with E-state index in [-0.39, 0.29) is 28.7 Å². The van der Waals surface area contributed by atoms with Gasteiger partial charge in [-0.15, -0.1) is 24.0 Å². The molecule has 0 atom stereocenters. The summed E-state index contributed by atoms with van der Waals surface area (Å²) < 4.78 is 0.249. The number of nitrogens with one attached hydrogen (secondary N) is 1. The number of nitrogens with zero attached hydrogens (tertiary/aromatic N) is 2. The fraction of sp³-hybridized carbons (Fsp3) is 0.500. The third-order valence-corrected chi connectivity index (χ3v) is 4.92. The Morgan fingerprint density at radius 2 is 2.04 bits per heavy atom. The van der Waals surface area contributed by atoms with Gasteiger partial charge in [0, 0.05) is 42.7 Å². The summed E-state index contributed by atoms with van der Waals surface area (Å²) in [6.07, 6.45) is 0. The van der Waals surface area contributed by atoms with Gasteiger partial charge in [-0.05, 0) is 31.5 Å². The van der Waals surface area contributed by atoms with Crippen molar-refractivity contribution in [2.24, 2.45) is 10.7 Å². The molecule has 0 radical (unpaired) electrons. The molecule has 5 nitrogen and oxygen atoms in total. The summed E-state index contributed by atoms with van der Waals surface area (Å²) in [6, 6.07) is 7.33. The minimum atomic E-state index is -0.400. The molecular formula is C16H25IN4OS. The topological polar surface area (TPSA) is 70.7 Å². The van der Waals surface area contributed by atoms with E-state index in [1.807, 2.05) is 30.9 Å². The molecule has 2 rings (SSSR count). The van der Waals surface area contributed by atoms with E-state index in [0.717, 1.165) is 30.4 Å². The number of halogens is 1. The number of hydrogen-bond donors (Lipinski definition) is 2. The third kappa shape index (κ3) is 5.87. The number of amides is 1. The van der Waals surface area contributed by atoms with Crippen molar-refractivity contribution >= 4 is 47.6 Å². The summed E-state index contributed by atoms with van der Waals surface area (Å²) in [5.74, 6) is 1.64. The van der Waals surface area contributed by atoms with Gasteiger partial charge in [-0.3, -0.25) is 9.79 Å². The molecule has 0 bridgehead atoms. The van der Waals surface area contributed by atoms with Gasteiger partial charge in [-0.2, -0.15) is 11.8 Å². The van der Waals surface area contributed by atoms with E-state index in [2.05, 4.69) is 29.1 Å². The van der Waals surface area contributed by atoms with Crippen LogP contribution in [0.3, 0.4) is 0 Å². The number of hydrogen-bond acceptors (Lipinski definition) is 3. The maximum atomic E-state index is 11.1. The van der Waals surface area contributed by atoms with Gasteiger partial charge in [0.25, 0.3) is 0 Å². The summed E-state index contributed by atoms with van der Waals surface area (Å²) in [5, 5.41) is 3.39. The van der Waals surface area contributed by atoms with Crippen LogP contribution in [-0.2, 0) is 6.54 Å². The van der Waals surface area contributed by atoms with E-state index in [1.165, 1.54) is 0 Å². The zero-order chi connectivity index (χ0) is 16.2. The molecule has 0 aliphatic carbocycles. The molecule has 0 unspecified atom stereocenters. The summed E-state index contributed by atoms with van der Waals surface area (Å²) in [4.78, 5) is 17.8. The highest BCUT2D eigenvalue weighted by molar-refractivity contribution is 14.0. The van der Waals surface area contributed by atoms with Crippen LogP contribution in [0.15, 0.2) is 29.3 Å². The maximum absolute atomic E-state index is 11.1. The zero-order valence-corrected chi connectivity index (χ0v) is 17.0. The van der Waals surface area contributed by atoms with E-state index in [0.29, 0.717) is 12.1 Å². The molecule has 1 heterocycles. The molecule has 1 aliphatic rings. The molecule has 1 aromatic rings. The van der Waals surface area contributed by atoms with Crippen molar-refractivity contribution < 1.29 is 4.79 Å². The second-order valence-electron chi connectivity index (χ2n) is 5.99. The van der Waals surface area contributed by atoms with Crippen molar-refractivity contribution in [2.75, 3.05) is 25.9 Å². The van der Waals surface area contributed by atoms with Crippen LogP contribution in [0, 0.1) is 0 Å². The molecule has 1 aromatic carbocycles. The fourth-order valence-corrected chi connectivity index (χ4v) is 3.61. The molecule has 1 aliphatic heterocycles. The van der Waals surface area contributed by atoms with Crippen LogP contribution < -0.4 is 11.1 Å². The molecule has 1 fully saturated rings. The van der Waals surface area contributed by atoms with E-state index in [9.17, 15) is 4.79 Å². The quantitative estimate of drug-likeness (QED) is 0.423. The molecule has 7 heteroatoms. The van der Waals surface area contributed by atoms with Crippen LogP contribution in [0.5, 0.6) is 0 Å². The van der Waals surface area contributed by atoms with Crippen molar-refractivity contribution in [3.8, 4) is 0 Å². The Kier molecular flexibility index (Phi) is 7.66. The molecule has 0 spiro atoms. The molecule has 23 heavy (non-hydrogen) atoms. The monoisotopic (exact) mass is 448 g/mol. The minimum Gasteiger partial charge on any atom is -0.366 e. The number of carbonyl (C=O) groups excluding carboxylic acids is 1. The van der Waals surface area contributed by atoms with Crippen LogP contribution in [0.1, 0.15) is 29.8 Å². The fourth-order valence-electron chi connectivity index (χ4n) is 2.50. The second-order valence-corrected chi connectivity index (χ2v) is 7.79. The van der Waals surface area contributed by atoms with Crippen molar-refractivity contribution in [1.29, 1.82) is 0 Å². The maximum Gasteiger partial charge on any atom is 0.248 e. The first-order valence-electron chi connectivity index (χ1n) is 7.39. The molecule has 0 saturated carbocycles. The summed E-state index contributed by atoms with van der Waals surface area (Å²) in [7, 11) is 1.81. The normalized spacial score (nSPS) is 17.3. The Morgan fingerprint density at radius 3 is 2.57 bits per heavy atom. The molecule has 3 N–H and O–H groups in total. The average molecular weight is 448 g/mol. The lowest BCUT2D eigenvalue weighted by atomic mass is 10.1. The van der Waals surface area contributed by atoms with Gasteiger partial charge in [-0.1, -0.05) is 12.1 Å². The lowest BCUT2D eigenvalue weighted by Gasteiger charge is -2.39. The number of primary amides is 1. The SMILES string of the molecule is CN=C(NCc1ccc(C(N)=O)cc1)N1CCSC(C)(C)C1.I. The van der Waals surface area contributed by atoms with Crippen molar-refractivity contribution in [3.05, 3.63) is 35.4 Å². The van der Waals surface area contributed by atoms with E-state index in [1.54, 1.807) is 12.1 Å². The molecule has 1 amide bonds. The minimum absolute atomic E-state index is 0. The highest BCUT2D eigenvalue weighted by Gasteiger charge is 2.28. The standard InChI is InChI=1S/C16H24N4OS.HI/c1-16(2)11-20(8-9-22-16)15(18-3)19-10-12-4-6-13(7-5-12)14(17)21;/h4-7H,8-11H2,1-3H3,(H2,17,21)(H,18,19);1H. The van der Waals surface area contributed by atoms with Gasteiger partial charge < -0.3 is 16.0 Å². The highest BCUT2D eigenvalue weighted by Crippen LogP contribution is 2.29. The first-order valence-corrected chi connectivity index (χ1v) is 8.38. The molecule has 0 aromatic heterocycles. The Balaban J connectivity index is 0.00000264. The predicted octanol–water partition coefficient (Wildman–Crippen LogP) is 2.31. The van der Waals surface area contributed by atoms with E-state index in [4.69, 9.17) is 5.73 Å². The number of nitrogens with two attached hydrogens (primary N) is 1. The van der Waals surface area contributed by atoms with E-state index >= 15 is 0 Å². The van der Waals surface area contributed by atoms with Crippen LogP contribution in [0.2, 0.25) is 0 Å². The number of thioether (sulfide) groups is 1. The Bertz CT molecular complexity index is 560. The van der Waals surface area contributed by atoms with Gasteiger partial charge >= 0.3 is 0 Å². The van der Waals surface area contributed by atoms with Gasteiger partial charge in [0.2, 0.25) is 5.91 Å². The zero-order valence-electron chi connectivity index (χ0n) is 13.8. The molecular weight excluding hydrogens is 423 g/mol. The predicted molar refractivity (Wildman–Crippen MR) is 109 cm³/mol. The highest BCUT2D eigenvalue weighted by atomic mass is 127. The summed E-state index contributed by atoms with van der Waals surface area (Å²) in [6.45, 7) is 7.20. The number of benzene rings is 1. The lowest BCUT2D eigenvalue weighted by Crippen LogP contribution is -2.50. The van der Waals surface area contributed by atoms with Crippen LogP contribution >= 0.6 is 35.7 Å². The van der Waals surface area contributed by atoms with Gasteiger partial charge in [0.05, 0.1) is 0 Å². The Hall–Kier alpha value is -0.960. The van der Waals surface area contributed by atoms with Crippen molar-refractivity contribution in [2.45, 2.75) is 25.1 Å². The van der Waals surface area contributed by atoms with Gasteiger partial charge in [-0.25, -0.2) is 0 Å². The second kappa shape index (κ2) is 8.77. The van der Waals surface area contributed by atoms with Crippen LogP contribution in [0.4, 0.5) is 0 Å². The number of guanidine groups is 1.